The summed E-state index contributed by atoms with van der Waals surface area (Å²) in [5, 5.41) is 6.02. The third kappa shape index (κ3) is 3.27. The van der Waals surface area contributed by atoms with E-state index in [1.54, 1.807) is 6.07 Å². The van der Waals surface area contributed by atoms with Crippen LogP contribution in [0.2, 0.25) is 0 Å². The van der Waals surface area contributed by atoms with Crippen molar-refractivity contribution in [2.75, 3.05) is 13.1 Å². The molecule has 1 aromatic rings. The summed E-state index contributed by atoms with van der Waals surface area (Å²) in [5.41, 5.74) is 0.796. The summed E-state index contributed by atoms with van der Waals surface area (Å²) in [6.45, 7) is 3.70. The molecule has 1 atom stereocenters. The van der Waals surface area contributed by atoms with Gasteiger partial charge in [-0.05, 0) is 43.6 Å². The van der Waals surface area contributed by atoms with Gasteiger partial charge in [-0.1, -0.05) is 12.1 Å². The van der Waals surface area contributed by atoms with Crippen LogP contribution in [0, 0.1) is 11.7 Å². The Balaban J connectivity index is 1.87. The molecule has 0 bridgehead atoms. The number of carbonyl (C=O) groups excluding carboxylic acids is 1. The lowest BCUT2D eigenvalue weighted by Gasteiger charge is -2.27. The lowest BCUT2D eigenvalue weighted by molar-refractivity contribution is -0.123. The molecule has 1 aromatic carbocycles. The standard InChI is InChI=1S/C13H17FN2O/c1-9(11-3-2-4-12(14)6-11)16-13(17)5-10-7-15-8-10/h2-4,6,9-10,15H,5,7-8H2,1H3,(H,16,17)/t9-/m1/s1. The van der Waals surface area contributed by atoms with Crippen molar-refractivity contribution >= 4 is 5.91 Å². The van der Waals surface area contributed by atoms with Gasteiger partial charge in [-0.15, -0.1) is 0 Å². The molecule has 1 saturated heterocycles. The van der Waals surface area contributed by atoms with Crippen molar-refractivity contribution in [2.24, 2.45) is 5.92 Å². The highest BCUT2D eigenvalue weighted by atomic mass is 19.1. The first-order valence-corrected chi connectivity index (χ1v) is 5.90. The van der Waals surface area contributed by atoms with Crippen LogP contribution in [0.3, 0.4) is 0 Å². The number of benzene rings is 1. The minimum Gasteiger partial charge on any atom is -0.350 e. The van der Waals surface area contributed by atoms with Gasteiger partial charge < -0.3 is 10.6 Å². The summed E-state index contributed by atoms with van der Waals surface area (Å²) in [6.07, 6.45) is 0.548. The van der Waals surface area contributed by atoms with Gasteiger partial charge in [0.1, 0.15) is 5.82 Å². The number of hydrogen-bond acceptors (Lipinski definition) is 2. The SMILES string of the molecule is C[C@@H](NC(=O)CC1CNC1)c1cccc(F)c1. The molecule has 0 spiro atoms. The van der Waals surface area contributed by atoms with E-state index in [0.29, 0.717) is 12.3 Å². The average Bonchev–Trinajstić information content (AvgIpc) is 2.23. The third-order valence-corrected chi connectivity index (χ3v) is 3.07. The van der Waals surface area contributed by atoms with Gasteiger partial charge in [-0.2, -0.15) is 0 Å². The van der Waals surface area contributed by atoms with Crippen molar-refractivity contribution in [1.82, 2.24) is 10.6 Å². The highest BCUT2D eigenvalue weighted by Crippen LogP contribution is 2.15. The smallest absolute Gasteiger partial charge is 0.220 e. The molecule has 0 unspecified atom stereocenters. The summed E-state index contributed by atoms with van der Waals surface area (Å²) in [5.74, 6) is 0.217. The molecule has 4 heteroatoms. The highest BCUT2D eigenvalue weighted by Gasteiger charge is 2.21. The van der Waals surface area contributed by atoms with Crippen molar-refractivity contribution in [3.63, 3.8) is 0 Å². The monoisotopic (exact) mass is 236 g/mol. The van der Waals surface area contributed by atoms with Crippen LogP contribution >= 0.6 is 0 Å². The summed E-state index contributed by atoms with van der Waals surface area (Å²) < 4.78 is 13.0. The Bertz CT molecular complexity index is 404. The fourth-order valence-electron chi connectivity index (χ4n) is 1.91. The Morgan fingerprint density at radius 1 is 1.59 bits per heavy atom. The van der Waals surface area contributed by atoms with Crippen molar-refractivity contribution in [3.05, 3.63) is 35.6 Å². The molecule has 17 heavy (non-hydrogen) atoms. The molecule has 2 N–H and O–H groups in total. The van der Waals surface area contributed by atoms with Crippen LogP contribution in [0.25, 0.3) is 0 Å². The van der Waals surface area contributed by atoms with Crippen molar-refractivity contribution in [3.8, 4) is 0 Å². The van der Waals surface area contributed by atoms with Gasteiger partial charge in [0.15, 0.2) is 0 Å². The molecule has 0 saturated carbocycles. The summed E-state index contributed by atoms with van der Waals surface area (Å²) in [6, 6.07) is 6.18. The molecule has 1 aliphatic rings. The number of amides is 1. The molecular weight excluding hydrogens is 219 g/mol. The van der Waals surface area contributed by atoms with E-state index in [4.69, 9.17) is 0 Å². The summed E-state index contributed by atoms with van der Waals surface area (Å²) in [4.78, 5) is 11.7. The number of nitrogens with one attached hydrogen (secondary N) is 2. The minimum atomic E-state index is -0.271. The second-order valence-electron chi connectivity index (χ2n) is 4.57. The molecular formula is C13H17FN2O. The fourth-order valence-corrected chi connectivity index (χ4v) is 1.91. The van der Waals surface area contributed by atoms with Gasteiger partial charge in [0, 0.05) is 6.42 Å². The molecule has 1 heterocycles. The lowest BCUT2D eigenvalue weighted by atomic mass is 9.98. The molecule has 0 radical (unpaired) electrons. The van der Waals surface area contributed by atoms with Crippen LogP contribution in [0.15, 0.2) is 24.3 Å². The Hall–Kier alpha value is -1.42. The minimum absolute atomic E-state index is 0.0354. The molecule has 0 aromatic heterocycles. The Kier molecular flexibility index (Phi) is 3.74. The molecule has 1 aliphatic heterocycles. The maximum absolute atomic E-state index is 13.0. The van der Waals surface area contributed by atoms with E-state index in [9.17, 15) is 9.18 Å². The molecule has 2 rings (SSSR count). The van der Waals surface area contributed by atoms with Gasteiger partial charge in [0.25, 0.3) is 0 Å². The molecule has 92 valence electrons. The third-order valence-electron chi connectivity index (χ3n) is 3.07. The van der Waals surface area contributed by atoms with Crippen LogP contribution < -0.4 is 10.6 Å². The first kappa shape index (κ1) is 12.0. The van der Waals surface area contributed by atoms with Gasteiger partial charge in [-0.3, -0.25) is 4.79 Å². The van der Waals surface area contributed by atoms with Gasteiger partial charge in [-0.25, -0.2) is 4.39 Å². The quantitative estimate of drug-likeness (QED) is 0.834. The Morgan fingerprint density at radius 3 is 2.94 bits per heavy atom. The number of rotatable bonds is 4. The number of hydrogen-bond donors (Lipinski definition) is 2. The maximum atomic E-state index is 13.0. The van der Waals surface area contributed by atoms with Gasteiger partial charge >= 0.3 is 0 Å². The van der Waals surface area contributed by atoms with E-state index < -0.39 is 0 Å². The van der Waals surface area contributed by atoms with Gasteiger partial charge in [0.2, 0.25) is 5.91 Å². The summed E-state index contributed by atoms with van der Waals surface area (Å²) in [7, 11) is 0. The zero-order valence-electron chi connectivity index (χ0n) is 9.87. The molecule has 3 nitrogen and oxygen atoms in total. The molecule has 0 aliphatic carbocycles. The molecule has 1 fully saturated rings. The predicted octanol–water partition coefficient (Wildman–Crippen LogP) is 1.61. The van der Waals surface area contributed by atoms with Gasteiger partial charge in [0.05, 0.1) is 6.04 Å². The van der Waals surface area contributed by atoms with Crippen LogP contribution in [-0.4, -0.2) is 19.0 Å². The molecule has 1 amide bonds. The fraction of sp³-hybridized carbons (Fsp3) is 0.462. The Labute approximate surface area is 100 Å². The first-order chi connectivity index (χ1) is 8.15. The normalized spacial score (nSPS) is 17.3. The van der Waals surface area contributed by atoms with E-state index in [0.717, 1.165) is 18.7 Å². The van der Waals surface area contributed by atoms with Crippen LogP contribution in [0.4, 0.5) is 4.39 Å². The zero-order chi connectivity index (χ0) is 12.3. The van der Waals surface area contributed by atoms with Crippen molar-refractivity contribution < 1.29 is 9.18 Å². The average molecular weight is 236 g/mol. The van der Waals surface area contributed by atoms with E-state index in [1.165, 1.54) is 12.1 Å². The predicted molar refractivity (Wildman–Crippen MR) is 63.9 cm³/mol. The van der Waals surface area contributed by atoms with Crippen molar-refractivity contribution in [2.45, 2.75) is 19.4 Å². The zero-order valence-corrected chi connectivity index (χ0v) is 9.87. The van der Waals surface area contributed by atoms with E-state index in [2.05, 4.69) is 10.6 Å². The second kappa shape index (κ2) is 5.27. The van der Waals surface area contributed by atoms with Crippen LogP contribution in [0.1, 0.15) is 24.9 Å². The lowest BCUT2D eigenvalue weighted by Crippen LogP contribution is -2.44. The van der Waals surface area contributed by atoms with E-state index >= 15 is 0 Å². The van der Waals surface area contributed by atoms with Crippen LogP contribution in [0.5, 0.6) is 0 Å². The Morgan fingerprint density at radius 2 is 2.35 bits per heavy atom. The largest absolute Gasteiger partial charge is 0.350 e. The topological polar surface area (TPSA) is 41.1 Å². The summed E-state index contributed by atoms with van der Waals surface area (Å²) >= 11 is 0. The highest BCUT2D eigenvalue weighted by molar-refractivity contribution is 5.76. The number of halogens is 1. The first-order valence-electron chi connectivity index (χ1n) is 5.90. The number of carbonyl (C=O) groups is 1. The van der Waals surface area contributed by atoms with Crippen LogP contribution in [-0.2, 0) is 4.79 Å². The second-order valence-corrected chi connectivity index (χ2v) is 4.57. The maximum Gasteiger partial charge on any atom is 0.220 e. The van der Waals surface area contributed by atoms with Crippen molar-refractivity contribution in [1.29, 1.82) is 0 Å². The van der Waals surface area contributed by atoms with E-state index in [-0.39, 0.29) is 17.8 Å². The van der Waals surface area contributed by atoms with E-state index in [1.807, 2.05) is 13.0 Å².